The molecule has 6 rings (SSSR count). The Labute approximate surface area is 201 Å². The Morgan fingerprint density at radius 2 is 1.91 bits per heavy atom. The van der Waals surface area contributed by atoms with E-state index in [4.69, 9.17) is 0 Å². The number of alkyl halides is 3. The number of amides is 1. The molecule has 0 radical (unpaired) electrons. The number of anilines is 1. The monoisotopic (exact) mass is 481 g/mol. The van der Waals surface area contributed by atoms with Gasteiger partial charge in [-0.2, -0.15) is 13.2 Å². The molecular formula is C26H26F3N5O. The van der Waals surface area contributed by atoms with Crippen LogP contribution in [0.2, 0.25) is 0 Å². The Balaban J connectivity index is 1.41. The van der Waals surface area contributed by atoms with Gasteiger partial charge in [-0.3, -0.25) is 14.8 Å². The molecule has 0 unspecified atom stereocenters. The van der Waals surface area contributed by atoms with Gasteiger partial charge in [0.2, 0.25) is 0 Å². The van der Waals surface area contributed by atoms with Gasteiger partial charge in [0, 0.05) is 36.7 Å². The highest BCUT2D eigenvalue weighted by molar-refractivity contribution is 5.99. The third-order valence-corrected chi connectivity index (χ3v) is 6.95. The van der Waals surface area contributed by atoms with Crippen molar-refractivity contribution in [1.29, 1.82) is 0 Å². The van der Waals surface area contributed by atoms with Crippen LogP contribution in [0.15, 0.2) is 48.9 Å². The van der Waals surface area contributed by atoms with E-state index < -0.39 is 11.7 Å². The number of carbonyl (C=O) groups excluding carboxylic acids is 1. The van der Waals surface area contributed by atoms with Gasteiger partial charge in [-0.15, -0.1) is 0 Å². The summed E-state index contributed by atoms with van der Waals surface area (Å²) >= 11 is 0. The first-order chi connectivity index (χ1) is 16.7. The molecule has 5 heterocycles. The molecule has 35 heavy (non-hydrogen) atoms. The number of nitrogens with one attached hydrogen (secondary N) is 1. The van der Waals surface area contributed by atoms with Crippen molar-refractivity contribution in [2.45, 2.75) is 51.4 Å². The van der Waals surface area contributed by atoms with Gasteiger partial charge in [0.15, 0.2) is 0 Å². The minimum Gasteiger partial charge on any atom is -0.365 e. The predicted molar refractivity (Wildman–Crippen MR) is 126 cm³/mol. The number of piperidine rings is 2. The number of rotatable bonds is 4. The molecule has 3 aromatic rings. The molecule has 1 saturated carbocycles. The highest BCUT2D eigenvalue weighted by Gasteiger charge is 2.44. The Bertz CT molecular complexity index is 1240. The fraction of sp³-hybridized carbons (Fsp3) is 0.385. The van der Waals surface area contributed by atoms with E-state index in [1.165, 1.54) is 6.07 Å². The molecule has 6 nitrogen and oxygen atoms in total. The fourth-order valence-corrected chi connectivity index (χ4v) is 5.24. The maximum absolute atomic E-state index is 13.8. The lowest BCUT2D eigenvalue weighted by atomic mass is 9.76. The van der Waals surface area contributed by atoms with Crippen molar-refractivity contribution in [3.8, 4) is 11.3 Å². The van der Waals surface area contributed by atoms with Crippen LogP contribution in [0.1, 0.15) is 46.4 Å². The average Bonchev–Trinajstić information content (AvgIpc) is 2.84. The van der Waals surface area contributed by atoms with Gasteiger partial charge < -0.3 is 10.2 Å². The summed E-state index contributed by atoms with van der Waals surface area (Å²) < 4.78 is 38.7. The van der Waals surface area contributed by atoms with E-state index in [0.717, 1.165) is 48.3 Å². The molecule has 3 aliphatic rings. The van der Waals surface area contributed by atoms with Crippen LogP contribution < -0.4 is 5.32 Å². The molecule has 1 aliphatic carbocycles. The number of fused-ring (bicyclic) bond motifs is 3. The molecule has 9 heteroatoms. The summed E-state index contributed by atoms with van der Waals surface area (Å²) in [5, 5.41) is 3.29. The van der Waals surface area contributed by atoms with Gasteiger partial charge >= 0.3 is 6.18 Å². The third kappa shape index (κ3) is 4.59. The minimum atomic E-state index is -4.43. The number of aryl methyl sites for hydroxylation is 2. The van der Waals surface area contributed by atoms with E-state index in [2.05, 4.69) is 20.3 Å². The topological polar surface area (TPSA) is 71.0 Å². The summed E-state index contributed by atoms with van der Waals surface area (Å²) in [6.45, 7) is 4.53. The summed E-state index contributed by atoms with van der Waals surface area (Å²) in [5.41, 5.74) is 2.93. The molecule has 3 aromatic heterocycles. The van der Waals surface area contributed by atoms with Crippen LogP contribution in [0.25, 0.3) is 11.3 Å². The Morgan fingerprint density at radius 1 is 1.09 bits per heavy atom. The second kappa shape index (κ2) is 8.94. The summed E-state index contributed by atoms with van der Waals surface area (Å²) in [6.07, 6.45) is 2.48. The van der Waals surface area contributed by atoms with Crippen LogP contribution in [0.3, 0.4) is 0 Å². The van der Waals surface area contributed by atoms with Gasteiger partial charge in [-0.25, -0.2) is 4.98 Å². The SMILES string of the molecule is Cc1cnc(C(=O)N2C[C@H]3CC[C@H]2[C@H](Nc2ccc(C(F)(F)F)cn2)C3)c(-c2ncccc2C)c1. The second-order valence-corrected chi connectivity index (χ2v) is 9.46. The number of pyridine rings is 3. The Hall–Kier alpha value is -3.49. The van der Waals surface area contributed by atoms with Gasteiger partial charge in [0.05, 0.1) is 17.3 Å². The summed E-state index contributed by atoms with van der Waals surface area (Å²) in [4.78, 5) is 28.7. The van der Waals surface area contributed by atoms with Crippen molar-refractivity contribution in [2.24, 2.45) is 5.92 Å². The third-order valence-electron chi connectivity index (χ3n) is 6.95. The molecule has 0 spiro atoms. The lowest BCUT2D eigenvalue weighted by molar-refractivity contribution is -0.137. The zero-order valence-electron chi connectivity index (χ0n) is 19.5. The van der Waals surface area contributed by atoms with Crippen LogP contribution in [0.5, 0.6) is 0 Å². The maximum atomic E-state index is 13.8. The molecule has 2 saturated heterocycles. The molecule has 1 N–H and O–H groups in total. The van der Waals surface area contributed by atoms with E-state index in [1.807, 2.05) is 36.9 Å². The number of hydrogen-bond acceptors (Lipinski definition) is 5. The smallest absolute Gasteiger partial charge is 0.365 e. The number of halogens is 3. The number of hydrogen-bond donors (Lipinski definition) is 1. The first-order valence-corrected chi connectivity index (χ1v) is 11.7. The lowest BCUT2D eigenvalue weighted by Crippen LogP contribution is -2.60. The molecule has 3 atom stereocenters. The van der Waals surface area contributed by atoms with Crippen molar-refractivity contribution in [3.05, 3.63) is 71.3 Å². The van der Waals surface area contributed by atoms with Gasteiger partial charge in [-0.05, 0) is 74.4 Å². The van der Waals surface area contributed by atoms with Gasteiger partial charge in [0.1, 0.15) is 11.5 Å². The molecular weight excluding hydrogens is 455 g/mol. The lowest BCUT2D eigenvalue weighted by Gasteiger charge is -2.50. The van der Waals surface area contributed by atoms with Crippen molar-refractivity contribution in [2.75, 3.05) is 11.9 Å². The van der Waals surface area contributed by atoms with E-state index in [0.29, 0.717) is 29.5 Å². The highest BCUT2D eigenvalue weighted by atomic mass is 19.4. The van der Waals surface area contributed by atoms with Crippen LogP contribution in [0, 0.1) is 19.8 Å². The van der Waals surface area contributed by atoms with Crippen LogP contribution >= 0.6 is 0 Å². The number of carbonyl (C=O) groups is 1. The molecule has 3 fully saturated rings. The van der Waals surface area contributed by atoms with E-state index in [1.54, 1.807) is 12.4 Å². The maximum Gasteiger partial charge on any atom is 0.417 e. The van der Waals surface area contributed by atoms with E-state index in [9.17, 15) is 18.0 Å². The summed E-state index contributed by atoms with van der Waals surface area (Å²) in [5.74, 6) is 0.536. The quantitative estimate of drug-likeness (QED) is 0.549. The number of aromatic nitrogens is 3. The van der Waals surface area contributed by atoms with Crippen LogP contribution in [-0.4, -0.2) is 44.4 Å². The first kappa shape index (κ1) is 23.3. The normalized spacial score (nSPS) is 21.7. The van der Waals surface area contributed by atoms with Gasteiger partial charge in [-0.1, -0.05) is 6.07 Å². The second-order valence-electron chi connectivity index (χ2n) is 9.46. The van der Waals surface area contributed by atoms with Crippen molar-refractivity contribution in [3.63, 3.8) is 0 Å². The van der Waals surface area contributed by atoms with Crippen molar-refractivity contribution in [1.82, 2.24) is 19.9 Å². The molecule has 2 bridgehead atoms. The largest absolute Gasteiger partial charge is 0.417 e. The van der Waals surface area contributed by atoms with E-state index >= 15 is 0 Å². The van der Waals surface area contributed by atoms with Crippen LogP contribution in [-0.2, 0) is 6.18 Å². The minimum absolute atomic E-state index is 0.0961. The van der Waals surface area contributed by atoms with E-state index in [-0.39, 0.29) is 18.0 Å². The number of nitrogens with zero attached hydrogens (tertiary/aromatic N) is 4. The summed E-state index contributed by atoms with van der Waals surface area (Å²) in [6, 6.07) is 7.94. The van der Waals surface area contributed by atoms with Gasteiger partial charge in [0.25, 0.3) is 5.91 Å². The summed E-state index contributed by atoms with van der Waals surface area (Å²) in [7, 11) is 0. The average molecular weight is 482 g/mol. The zero-order chi connectivity index (χ0) is 24.7. The highest BCUT2D eigenvalue weighted by Crippen LogP contribution is 2.38. The van der Waals surface area contributed by atoms with Crippen molar-refractivity contribution >= 4 is 11.7 Å². The zero-order valence-corrected chi connectivity index (χ0v) is 19.5. The Morgan fingerprint density at radius 3 is 2.60 bits per heavy atom. The molecule has 2 aliphatic heterocycles. The van der Waals surface area contributed by atoms with Crippen LogP contribution in [0.4, 0.5) is 19.0 Å². The molecule has 182 valence electrons. The first-order valence-electron chi connectivity index (χ1n) is 11.7. The molecule has 1 amide bonds. The van der Waals surface area contributed by atoms with Crippen molar-refractivity contribution < 1.29 is 18.0 Å². The standard InChI is InChI=1S/C26H26F3N5O/c1-15-10-19(23-16(2)4-3-9-30-23)24(32-12-15)25(35)34-14-17-5-7-21(34)20(11-17)33-22-8-6-18(13-31-22)26(27,28)29/h3-4,6,8-10,12-13,17,20-21H,5,7,11,14H2,1-2H3,(H,31,33)/t17-,20+,21-/m0/s1. The Kier molecular flexibility index (Phi) is 5.94. The molecule has 0 aromatic carbocycles. The predicted octanol–water partition coefficient (Wildman–Crippen LogP) is 5.28. The fourth-order valence-electron chi connectivity index (χ4n) is 5.24.